The van der Waals surface area contributed by atoms with Gasteiger partial charge in [-0.15, -0.1) is 0 Å². The van der Waals surface area contributed by atoms with Gasteiger partial charge in [0, 0.05) is 23.0 Å². The summed E-state index contributed by atoms with van der Waals surface area (Å²) in [6.45, 7) is 2.75. The number of anilines is 2. The summed E-state index contributed by atoms with van der Waals surface area (Å²) < 4.78 is 25.7. The van der Waals surface area contributed by atoms with Crippen LogP contribution in [0.25, 0.3) is 10.9 Å². The number of nitrogens with one attached hydrogen (secondary N) is 1. The zero-order valence-electron chi connectivity index (χ0n) is 18.6. The molecule has 2 heterocycles. The van der Waals surface area contributed by atoms with Gasteiger partial charge in [0.1, 0.15) is 30.7 Å². The summed E-state index contributed by atoms with van der Waals surface area (Å²) in [7, 11) is 1.54. The highest BCUT2D eigenvalue weighted by molar-refractivity contribution is 6.30. The molecule has 2 aromatic carbocycles. The lowest BCUT2D eigenvalue weighted by atomic mass is 10.2. The molecule has 0 saturated carbocycles. The second-order valence-electron chi connectivity index (χ2n) is 8.17. The van der Waals surface area contributed by atoms with Crippen LogP contribution in [0.5, 0.6) is 11.5 Å². The number of β-amino-alcohol motifs (C(OH)–C–C–N with tert-alkyl or cyclic N) is 1. The van der Waals surface area contributed by atoms with Gasteiger partial charge in [0.25, 0.3) is 0 Å². The van der Waals surface area contributed by atoms with Crippen LogP contribution in [0.15, 0.2) is 36.7 Å². The van der Waals surface area contributed by atoms with E-state index < -0.39 is 11.9 Å². The Kier molecular flexibility index (Phi) is 7.80. The van der Waals surface area contributed by atoms with Gasteiger partial charge in [0.15, 0.2) is 11.5 Å². The molecular formula is C24H28ClFN4O3. The molecule has 1 aliphatic heterocycles. The van der Waals surface area contributed by atoms with Crippen LogP contribution in [0.4, 0.5) is 15.9 Å². The lowest BCUT2D eigenvalue weighted by molar-refractivity contribution is 0.0684. The molecule has 1 fully saturated rings. The fourth-order valence-electron chi connectivity index (χ4n) is 4.01. The van der Waals surface area contributed by atoms with Crippen molar-refractivity contribution in [3.8, 4) is 11.5 Å². The Morgan fingerprint density at radius 1 is 1.12 bits per heavy atom. The number of methoxy groups -OCH3 is 1. The number of aromatic nitrogens is 2. The number of halogens is 2. The zero-order valence-corrected chi connectivity index (χ0v) is 19.3. The number of hydrogen-bond donors (Lipinski definition) is 2. The molecule has 1 aromatic heterocycles. The minimum Gasteiger partial charge on any atom is -0.493 e. The van der Waals surface area contributed by atoms with E-state index in [9.17, 15) is 9.50 Å². The van der Waals surface area contributed by atoms with Gasteiger partial charge in [-0.3, -0.25) is 0 Å². The van der Waals surface area contributed by atoms with E-state index in [2.05, 4.69) is 20.2 Å². The van der Waals surface area contributed by atoms with E-state index in [1.807, 2.05) is 0 Å². The Hall–Kier alpha value is -2.68. The minimum atomic E-state index is -0.612. The summed E-state index contributed by atoms with van der Waals surface area (Å²) in [5, 5.41) is 14.4. The first-order valence-corrected chi connectivity index (χ1v) is 11.5. The average Bonchev–Trinajstić information content (AvgIpc) is 3.07. The Balaban J connectivity index is 1.50. The van der Waals surface area contributed by atoms with Gasteiger partial charge >= 0.3 is 0 Å². The average molecular weight is 475 g/mol. The Bertz CT molecular complexity index is 1090. The quantitative estimate of drug-likeness (QED) is 0.486. The molecule has 1 aliphatic rings. The van der Waals surface area contributed by atoms with Crippen molar-refractivity contribution < 1.29 is 19.0 Å². The molecule has 4 rings (SSSR count). The third-order valence-corrected chi connectivity index (χ3v) is 5.94. The van der Waals surface area contributed by atoms with Gasteiger partial charge in [-0.1, -0.05) is 24.4 Å². The molecule has 3 aromatic rings. The van der Waals surface area contributed by atoms with Crippen LogP contribution < -0.4 is 14.8 Å². The van der Waals surface area contributed by atoms with Crippen molar-refractivity contribution in [2.75, 3.05) is 38.7 Å². The van der Waals surface area contributed by atoms with Crippen molar-refractivity contribution in [2.24, 2.45) is 0 Å². The fraction of sp³-hybridized carbons (Fsp3) is 0.417. The van der Waals surface area contributed by atoms with Gasteiger partial charge in [-0.2, -0.15) is 0 Å². The van der Waals surface area contributed by atoms with Gasteiger partial charge in [-0.25, -0.2) is 14.4 Å². The second kappa shape index (κ2) is 11.0. The molecule has 0 bridgehead atoms. The van der Waals surface area contributed by atoms with Crippen LogP contribution in [0.1, 0.15) is 25.7 Å². The van der Waals surface area contributed by atoms with Crippen LogP contribution in [-0.4, -0.2) is 59.4 Å². The summed E-state index contributed by atoms with van der Waals surface area (Å²) in [6, 6.07) is 7.85. The number of rotatable bonds is 8. The van der Waals surface area contributed by atoms with Gasteiger partial charge in [0.2, 0.25) is 0 Å². The predicted molar refractivity (Wildman–Crippen MR) is 127 cm³/mol. The highest BCUT2D eigenvalue weighted by atomic mass is 35.5. The lowest BCUT2D eigenvalue weighted by Crippen LogP contribution is -2.36. The molecular weight excluding hydrogens is 447 g/mol. The first-order valence-electron chi connectivity index (χ1n) is 11.1. The number of hydrogen-bond acceptors (Lipinski definition) is 7. The van der Waals surface area contributed by atoms with Crippen molar-refractivity contribution in [2.45, 2.75) is 31.8 Å². The summed E-state index contributed by atoms with van der Waals surface area (Å²) in [6.07, 6.45) is 5.62. The third-order valence-electron chi connectivity index (χ3n) is 5.70. The summed E-state index contributed by atoms with van der Waals surface area (Å²) in [5.41, 5.74) is 0.843. The molecule has 0 radical (unpaired) electrons. The number of ether oxygens (including phenoxy) is 2. The van der Waals surface area contributed by atoms with E-state index in [1.54, 1.807) is 24.3 Å². The normalized spacial score (nSPS) is 15.8. The molecule has 0 aliphatic carbocycles. The van der Waals surface area contributed by atoms with Crippen molar-refractivity contribution >= 4 is 34.0 Å². The molecule has 9 heteroatoms. The second-order valence-corrected chi connectivity index (χ2v) is 8.61. The maximum absolute atomic E-state index is 14.3. The van der Waals surface area contributed by atoms with Crippen LogP contribution in [0, 0.1) is 5.82 Å². The van der Waals surface area contributed by atoms with E-state index in [1.165, 1.54) is 45.2 Å². The number of benzene rings is 2. The number of fused-ring (bicyclic) bond motifs is 1. The summed E-state index contributed by atoms with van der Waals surface area (Å²) in [5.74, 6) is 0.882. The standard InChI is InChI=1S/C24H28ClFN4O3/c1-32-22-11-18-21(27-15-28-24(18)29-20-7-6-16(25)10-19(20)26)12-23(22)33-14-17(31)13-30-8-4-2-3-5-9-30/h6-7,10-12,15,17,31H,2-5,8-9,13-14H2,1H3,(H,27,28,29). The summed E-state index contributed by atoms with van der Waals surface area (Å²) >= 11 is 5.84. The smallest absolute Gasteiger partial charge is 0.163 e. The van der Waals surface area contributed by atoms with Crippen LogP contribution in [0.3, 0.4) is 0 Å². The minimum absolute atomic E-state index is 0.143. The SMILES string of the molecule is COc1cc2c(Nc3ccc(Cl)cc3F)ncnc2cc1OCC(O)CN1CCCCCC1. The topological polar surface area (TPSA) is 79.7 Å². The zero-order chi connectivity index (χ0) is 23.2. The van der Waals surface area contributed by atoms with E-state index >= 15 is 0 Å². The lowest BCUT2D eigenvalue weighted by Gasteiger charge is -2.23. The summed E-state index contributed by atoms with van der Waals surface area (Å²) in [4.78, 5) is 10.9. The van der Waals surface area contributed by atoms with Crippen LogP contribution in [0.2, 0.25) is 5.02 Å². The number of aliphatic hydroxyl groups is 1. The first kappa shape index (κ1) is 23.5. The van der Waals surface area contributed by atoms with Crippen LogP contribution in [-0.2, 0) is 0 Å². The monoisotopic (exact) mass is 474 g/mol. The molecule has 1 unspecified atom stereocenters. The highest BCUT2D eigenvalue weighted by Crippen LogP contribution is 2.35. The molecule has 2 N–H and O–H groups in total. The number of nitrogens with zero attached hydrogens (tertiary/aromatic N) is 3. The van der Waals surface area contributed by atoms with Gasteiger partial charge < -0.3 is 24.8 Å². The Morgan fingerprint density at radius 2 is 1.91 bits per heavy atom. The fourth-order valence-corrected chi connectivity index (χ4v) is 4.17. The van der Waals surface area contributed by atoms with Crippen LogP contribution >= 0.6 is 11.6 Å². The van der Waals surface area contributed by atoms with Gasteiger partial charge in [0.05, 0.1) is 18.3 Å². The largest absolute Gasteiger partial charge is 0.493 e. The molecule has 0 spiro atoms. The number of likely N-dealkylation sites (tertiary alicyclic amines) is 1. The van der Waals surface area contributed by atoms with Gasteiger partial charge in [-0.05, 0) is 50.2 Å². The van der Waals surface area contributed by atoms with Crippen molar-refractivity contribution in [3.63, 3.8) is 0 Å². The van der Waals surface area contributed by atoms with Crippen molar-refractivity contribution in [1.29, 1.82) is 0 Å². The highest BCUT2D eigenvalue weighted by Gasteiger charge is 2.17. The number of aliphatic hydroxyl groups excluding tert-OH is 1. The van der Waals surface area contributed by atoms with E-state index in [0.717, 1.165) is 13.1 Å². The van der Waals surface area contributed by atoms with E-state index in [-0.39, 0.29) is 12.3 Å². The van der Waals surface area contributed by atoms with Crippen molar-refractivity contribution in [1.82, 2.24) is 14.9 Å². The maximum atomic E-state index is 14.3. The Morgan fingerprint density at radius 3 is 2.64 bits per heavy atom. The molecule has 1 atom stereocenters. The van der Waals surface area contributed by atoms with E-state index in [4.69, 9.17) is 21.1 Å². The third kappa shape index (κ3) is 6.01. The molecule has 176 valence electrons. The molecule has 7 nitrogen and oxygen atoms in total. The molecule has 0 amide bonds. The first-order chi connectivity index (χ1) is 16.0. The predicted octanol–water partition coefficient (Wildman–Crippen LogP) is 4.79. The Labute approximate surface area is 197 Å². The molecule has 33 heavy (non-hydrogen) atoms. The van der Waals surface area contributed by atoms with Crippen molar-refractivity contribution in [3.05, 3.63) is 47.5 Å². The van der Waals surface area contributed by atoms with E-state index in [0.29, 0.717) is 39.8 Å². The molecule has 1 saturated heterocycles. The maximum Gasteiger partial charge on any atom is 0.163 e.